The highest BCUT2D eigenvalue weighted by atomic mass is 16.5. The van der Waals surface area contributed by atoms with E-state index in [1.165, 1.54) is 6.08 Å². The molecule has 0 aliphatic carbocycles. The van der Waals surface area contributed by atoms with Crippen LogP contribution in [0.1, 0.15) is 11.1 Å². The van der Waals surface area contributed by atoms with E-state index < -0.39 is 5.97 Å². The molecule has 0 saturated heterocycles. The lowest BCUT2D eigenvalue weighted by molar-refractivity contribution is -0.131. The predicted octanol–water partition coefficient (Wildman–Crippen LogP) is 1.23. The van der Waals surface area contributed by atoms with E-state index in [1.54, 1.807) is 19.2 Å². The van der Waals surface area contributed by atoms with E-state index in [0.717, 1.165) is 11.6 Å². The van der Waals surface area contributed by atoms with Crippen LogP contribution in [-0.2, 0) is 14.3 Å². The highest BCUT2D eigenvalue weighted by molar-refractivity contribution is 5.86. The molecule has 1 rings (SSSR count). The Morgan fingerprint density at radius 1 is 1.38 bits per heavy atom. The van der Waals surface area contributed by atoms with E-state index in [1.807, 2.05) is 13.0 Å². The maximum absolute atomic E-state index is 11.6. The Hall–Kier alpha value is -2.34. The Bertz CT molecular complexity index is 525. The summed E-state index contributed by atoms with van der Waals surface area (Å²) in [6.07, 6.45) is 2.47. The average Bonchev–Trinajstić information content (AvgIpc) is 2.44. The average molecular weight is 293 g/mol. The number of para-hydroxylation sites is 1. The summed E-state index contributed by atoms with van der Waals surface area (Å²) >= 11 is 0. The summed E-state index contributed by atoms with van der Waals surface area (Å²) in [5.41, 5.74) is 1.44. The first-order valence-corrected chi connectivity index (χ1v) is 6.43. The molecule has 0 bridgehead atoms. The lowest BCUT2D eigenvalue weighted by Crippen LogP contribution is -2.31. The summed E-state index contributed by atoms with van der Waals surface area (Å²) in [7, 11) is 1.55. The van der Waals surface area contributed by atoms with Gasteiger partial charge in [-0.3, -0.25) is 4.79 Å². The largest absolute Gasteiger partial charge is 0.483 e. The number of rotatable bonds is 8. The van der Waals surface area contributed by atoms with Gasteiger partial charge >= 0.3 is 5.97 Å². The van der Waals surface area contributed by atoms with Crippen LogP contribution in [0.15, 0.2) is 24.3 Å². The van der Waals surface area contributed by atoms with Crippen molar-refractivity contribution < 1.29 is 24.2 Å². The van der Waals surface area contributed by atoms with Gasteiger partial charge in [0.2, 0.25) is 0 Å². The van der Waals surface area contributed by atoms with Gasteiger partial charge in [0, 0.05) is 25.3 Å². The number of nitrogens with one attached hydrogen (secondary N) is 1. The van der Waals surface area contributed by atoms with Crippen LogP contribution >= 0.6 is 0 Å². The minimum Gasteiger partial charge on any atom is -0.483 e. The number of aliphatic carboxylic acids is 1. The fourth-order valence-corrected chi connectivity index (χ4v) is 1.65. The second-order valence-corrected chi connectivity index (χ2v) is 4.30. The van der Waals surface area contributed by atoms with Gasteiger partial charge < -0.3 is 19.9 Å². The topological polar surface area (TPSA) is 84.9 Å². The summed E-state index contributed by atoms with van der Waals surface area (Å²) in [6.45, 7) is 2.54. The number of ether oxygens (including phenoxy) is 2. The van der Waals surface area contributed by atoms with Crippen molar-refractivity contribution in [3.8, 4) is 5.75 Å². The number of carbonyl (C=O) groups excluding carboxylic acids is 1. The van der Waals surface area contributed by atoms with Gasteiger partial charge in [0.25, 0.3) is 5.91 Å². The fraction of sp³-hybridized carbons (Fsp3) is 0.333. The molecule has 1 aromatic rings. The summed E-state index contributed by atoms with van der Waals surface area (Å²) in [4.78, 5) is 22.2. The number of aryl methyl sites for hydroxylation is 1. The van der Waals surface area contributed by atoms with Gasteiger partial charge in [0.15, 0.2) is 6.61 Å². The van der Waals surface area contributed by atoms with Gasteiger partial charge in [-0.25, -0.2) is 4.79 Å². The zero-order chi connectivity index (χ0) is 15.7. The van der Waals surface area contributed by atoms with Crippen molar-refractivity contribution in [2.45, 2.75) is 6.92 Å². The van der Waals surface area contributed by atoms with Crippen LogP contribution in [0, 0.1) is 6.92 Å². The number of amides is 1. The first kappa shape index (κ1) is 16.7. The lowest BCUT2D eigenvalue weighted by atomic mass is 10.1. The highest BCUT2D eigenvalue weighted by Crippen LogP contribution is 2.24. The molecule has 21 heavy (non-hydrogen) atoms. The molecule has 0 aliphatic rings. The van der Waals surface area contributed by atoms with Crippen molar-refractivity contribution in [2.24, 2.45) is 0 Å². The third-order valence-corrected chi connectivity index (χ3v) is 2.62. The quantitative estimate of drug-likeness (QED) is 0.556. The van der Waals surface area contributed by atoms with Gasteiger partial charge in [-0.05, 0) is 18.6 Å². The molecule has 0 atom stereocenters. The molecule has 0 saturated carbocycles. The Morgan fingerprint density at radius 3 is 2.81 bits per heavy atom. The number of hydrogen-bond donors (Lipinski definition) is 2. The molecule has 1 amide bonds. The molecule has 114 valence electrons. The third kappa shape index (κ3) is 6.09. The van der Waals surface area contributed by atoms with Crippen LogP contribution in [-0.4, -0.2) is 43.9 Å². The number of benzene rings is 1. The minimum atomic E-state index is -1.04. The van der Waals surface area contributed by atoms with Gasteiger partial charge in [-0.15, -0.1) is 0 Å². The lowest BCUT2D eigenvalue weighted by Gasteiger charge is -2.12. The molecule has 0 fully saturated rings. The second kappa shape index (κ2) is 8.76. The van der Waals surface area contributed by atoms with Crippen molar-refractivity contribution in [1.82, 2.24) is 5.32 Å². The van der Waals surface area contributed by atoms with Crippen molar-refractivity contribution >= 4 is 18.0 Å². The highest BCUT2D eigenvalue weighted by Gasteiger charge is 2.08. The Kier molecular flexibility index (Phi) is 6.97. The van der Waals surface area contributed by atoms with Crippen LogP contribution in [0.25, 0.3) is 6.08 Å². The van der Waals surface area contributed by atoms with Gasteiger partial charge in [0.1, 0.15) is 5.75 Å². The summed E-state index contributed by atoms with van der Waals surface area (Å²) in [5.74, 6) is -0.805. The summed E-state index contributed by atoms with van der Waals surface area (Å²) in [5, 5.41) is 11.3. The van der Waals surface area contributed by atoms with E-state index >= 15 is 0 Å². The van der Waals surface area contributed by atoms with Crippen LogP contribution < -0.4 is 10.1 Å². The molecule has 0 heterocycles. The normalized spacial score (nSPS) is 10.6. The molecule has 0 spiro atoms. The first-order valence-electron chi connectivity index (χ1n) is 6.43. The zero-order valence-electron chi connectivity index (χ0n) is 12.1. The molecule has 6 nitrogen and oxygen atoms in total. The molecule has 0 aliphatic heterocycles. The molecular formula is C15H19NO5. The minimum absolute atomic E-state index is 0.136. The van der Waals surface area contributed by atoms with Gasteiger partial charge in [-0.2, -0.15) is 0 Å². The maximum Gasteiger partial charge on any atom is 0.328 e. The SMILES string of the molecule is COCCNC(=O)COc1c(C)cccc1/C=C/C(=O)O. The van der Waals surface area contributed by atoms with E-state index in [2.05, 4.69) is 5.32 Å². The standard InChI is InChI=1S/C15H19NO5/c1-11-4-3-5-12(6-7-14(18)19)15(11)21-10-13(17)16-8-9-20-2/h3-7H,8-10H2,1-2H3,(H,16,17)(H,18,19)/b7-6+. The number of methoxy groups -OCH3 is 1. The monoisotopic (exact) mass is 293 g/mol. The fourth-order valence-electron chi connectivity index (χ4n) is 1.65. The van der Waals surface area contributed by atoms with E-state index in [-0.39, 0.29) is 12.5 Å². The van der Waals surface area contributed by atoms with Crippen LogP contribution in [0.4, 0.5) is 0 Å². The molecule has 2 N–H and O–H groups in total. The predicted molar refractivity (Wildman–Crippen MR) is 78.2 cm³/mol. The van der Waals surface area contributed by atoms with Gasteiger partial charge in [-0.1, -0.05) is 18.2 Å². The first-order chi connectivity index (χ1) is 10.0. The van der Waals surface area contributed by atoms with E-state index in [0.29, 0.717) is 24.5 Å². The molecule has 1 aromatic carbocycles. The number of hydrogen-bond acceptors (Lipinski definition) is 4. The zero-order valence-corrected chi connectivity index (χ0v) is 12.1. The Balaban J connectivity index is 2.69. The van der Waals surface area contributed by atoms with Crippen molar-refractivity contribution in [1.29, 1.82) is 0 Å². The molecule has 6 heteroatoms. The molecule has 0 unspecified atom stereocenters. The Labute approximate surface area is 123 Å². The molecular weight excluding hydrogens is 274 g/mol. The van der Waals surface area contributed by atoms with Gasteiger partial charge in [0.05, 0.1) is 6.61 Å². The maximum atomic E-state index is 11.6. The van der Waals surface area contributed by atoms with E-state index in [9.17, 15) is 9.59 Å². The van der Waals surface area contributed by atoms with Crippen molar-refractivity contribution in [3.63, 3.8) is 0 Å². The Morgan fingerprint density at radius 2 is 2.14 bits per heavy atom. The van der Waals surface area contributed by atoms with Crippen LogP contribution in [0.2, 0.25) is 0 Å². The number of carboxylic acid groups (broad SMARTS) is 1. The smallest absolute Gasteiger partial charge is 0.328 e. The summed E-state index contributed by atoms with van der Waals surface area (Å²) < 4.78 is 10.3. The number of carbonyl (C=O) groups is 2. The molecule has 0 aromatic heterocycles. The molecule has 0 radical (unpaired) electrons. The summed E-state index contributed by atoms with van der Waals surface area (Å²) in [6, 6.07) is 5.35. The third-order valence-electron chi connectivity index (χ3n) is 2.62. The van der Waals surface area contributed by atoms with Crippen LogP contribution in [0.3, 0.4) is 0 Å². The second-order valence-electron chi connectivity index (χ2n) is 4.30. The van der Waals surface area contributed by atoms with Crippen LogP contribution in [0.5, 0.6) is 5.75 Å². The van der Waals surface area contributed by atoms with Crippen molar-refractivity contribution in [2.75, 3.05) is 26.9 Å². The number of carboxylic acids is 1. The van der Waals surface area contributed by atoms with Crippen molar-refractivity contribution in [3.05, 3.63) is 35.4 Å². The van der Waals surface area contributed by atoms with E-state index in [4.69, 9.17) is 14.6 Å².